The Labute approximate surface area is 102 Å². The molecule has 72 valence electrons. The van der Waals surface area contributed by atoms with Gasteiger partial charge in [0.15, 0.2) is 0 Å². The molecule has 0 aliphatic rings. The van der Waals surface area contributed by atoms with Crippen LogP contribution >= 0.6 is 58.0 Å². The molecule has 0 fully saturated rings. The fourth-order valence-corrected chi connectivity index (χ4v) is 1.90. The molecule has 0 N–H and O–H groups in total. The highest BCUT2D eigenvalue weighted by atomic mass is 35.5. The molecule has 0 amide bonds. The van der Waals surface area contributed by atoms with Crippen molar-refractivity contribution in [1.29, 1.82) is 0 Å². The van der Waals surface area contributed by atoms with Crippen molar-refractivity contribution in [3.63, 3.8) is 0 Å². The molecule has 5 heteroatoms. The molecule has 0 radical (unpaired) electrons. The SMILES string of the molecule is Clc1cc(CC(Cl)Cl)cc(Cl)c1Cl. The number of benzene rings is 1. The highest BCUT2D eigenvalue weighted by molar-refractivity contribution is 6.48. The first kappa shape index (κ1) is 11.7. The van der Waals surface area contributed by atoms with Gasteiger partial charge in [-0.2, -0.15) is 0 Å². The molecule has 1 aromatic carbocycles. The molecule has 0 saturated carbocycles. The molecule has 0 nitrogen and oxygen atoms in total. The molecule has 0 aliphatic heterocycles. The fourth-order valence-electron chi connectivity index (χ4n) is 0.904. The van der Waals surface area contributed by atoms with E-state index in [1.54, 1.807) is 12.1 Å². The Balaban J connectivity index is 2.99. The number of halogens is 5. The summed E-state index contributed by atoms with van der Waals surface area (Å²) >= 11 is 28.6. The number of rotatable bonds is 2. The lowest BCUT2D eigenvalue weighted by Crippen LogP contribution is -1.94. The van der Waals surface area contributed by atoms with Gasteiger partial charge in [-0.05, 0) is 17.7 Å². The molecule has 1 aromatic rings. The van der Waals surface area contributed by atoms with Crippen LogP contribution in [0.3, 0.4) is 0 Å². The molecule has 0 bridgehead atoms. The monoisotopic (exact) mass is 276 g/mol. The first-order valence-electron chi connectivity index (χ1n) is 3.42. The second-order valence-corrected chi connectivity index (χ2v) is 4.94. The maximum atomic E-state index is 5.80. The third kappa shape index (κ3) is 3.38. The highest BCUT2D eigenvalue weighted by Crippen LogP contribution is 2.31. The summed E-state index contributed by atoms with van der Waals surface area (Å²) in [4.78, 5) is -0.465. The second-order valence-electron chi connectivity index (χ2n) is 2.47. The summed E-state index contributed by atoms with van der Waals surface area (Å²) in [7, 11) is 0. The van der Waals surface area contributed by atoms with Crippen LogP contribution in [-0.4, -0.2) is 4.84 Å². The van der Waals surface area contributed by atoms with Crippen LogP contribution in [0, 0.1) is 0 Å². The van der Waals surface area contributed by atoms with E-state index in [-0.39, 0.29) is 0 Å². The van der Waals surface area contributed by atoms with Gasteiger partial charge in [-0.15, -0.1) is 23.2 Å². The van der Waals surface area contributed by atoms with Crippen LogP contribution in [0.2, 0.25) is 15.1 Å². The van der Waals surface area contributed by atoms with Crippen molar-refractivity contribution in [2.24, 2.45) is 0 Å². The Bertz CT molecular complexity index is 284. The third-order valence-electron chi connectivity index (χ3n) is 1.43. The largest absolute Gasteiger partial charge is 0.111 e. The van der Waals surface area contributed by atoms with Crippen molar-refractivity contribution < 1.29 is 0 Å². The van der Waals surface area contributed by atoms with E-state index in [0.717, 1.165) is 5.56 Å². The Hall–Kier alpha value is 0.670. The summed E-state index contributed by atoms with van der Waals surface area (Å²) in [5, 5.41) is 1.18. The molecule has 0 saturated heterocycles. The second kappa shape index (κ2) is 4.95. The Kier molecular flexibility index (Phi) is 4.47. The maximum absolute atomic E-state index is 5.80. The van der Waals surface area contributed by atoms with Gasteiger partial charge in [-0.25, -0.2) is 0 Å². The molecule has 0 spiro atoms. The van der Waals surface area contributed by atoms with E-state index in [1.807, 2.05) is 0 Å². The summed E-state index contributed by atoms with van der Waals surface area (Å²) in [5.74, 6) is 0. The number of alkyl halides is 2. The van der Waals surface area contributed by atoms with Gasteiger partial charge in [0.1, 0.15) is 4.84 Å². The minimum atomic E-state index is -0.465. The summed E-state index contributed by atoms with van der Waals surface area (Å²) in [6.45, 7) is 0. The van der Waals surface area contributed by atoms with Gasteiger partial charge in [0.2, 0.25) is 0 Å². The van der Waals surface area contributed by atoms with Crippen LogP contribution in [0.5, 0.6) is 0 Å². The van der Waals surface area contributed by atoms with E-state index in [2.05, 4.69) is 0 Å². The van der Waals surface area contributed by atoms with Crippen molar-refractivity contribution >= 4 is 58.0 Å². The van der Waals surface area contributed by atoms with E-state index in [0.29, 0.717) is 21.5 Å². The predicted molar refractivity (Wildman–Crippen MR) is 60.7 cm³/mol. The molecule has 0 heterocycles. The molecular weight excluding hydrogens is 273 g/mol. The zero-order valence-corrected chi connectivity index (χ0v) is 10.1. The van der Waals surface area contributed by atoms with Gasteiger partial charge in [0.25, 0.3) is 0 Å². The third-order valence-corrected chi connectivity index (χ3v) is 2.94. The smallest absolute Gasteiger partial charge is 0.105 e. The van der Waals surface area contributed by atoms with E-state index in [9.17, 15) is 0 Å². The van der Waals surface area contributed by atoms with E-state index < -0.39 is 4.84 Å². The highest BCUT2D eigenvalue weighted by Gasteiger charge is 2.08. The summed E-state index contributed by atoms with van der Waals surface area (Å²) in [5.41, 5.74) is 0.870. The van der Waals surface area contributed by atoms with Gasteiger partial charge in [0.05, 0.1) is 15.1 Å². The van der Waals surface area contributed by atoms with Crippen molar-refractivity contribution in [2.75, 3.05) is 0 Å². The van der Waals surface area contributed by atoms with Crippen molar-refractivity contribution in [2.45, 2.75) is 11.3 Å². The summed E-state index contributed by atoms with van der Waals surface area (Å²) < 4.78 is 0. The molecule has 0 aromatic heterocycles. The number of hydrogen-bond acceptors (Lipinski definition) is 0. The van der Waals surface area contributed by atoms with Crippen molar-refractivity contribution in [1.82, 2.24) is 0 Å². The first-order chi connectivity index (χ1) is 6.00. The molecular formula is C8H5Cl5. The van der Waals surface area contributed by atoms with E-state index >= 15 is 0 Å². The zero-order chi connectivity index (χ0) is 10.0. The quantitative estimate of drug-likeness (QED) is 0.528. The Morgan fingerprint density at radius 2 is 1.46 bits per heavy atom. The maximum Gasteiger partial charge on any atom is 0.111 e. The van der Waals surface area contributed by atoms with Crippen molar-refractivity contribution in [3.05, 3.63) is 32.8 Å². The normalized spacial score (nSPS) is 10.9. The molecule has 0 aliphatic carbocycles. The summed E-state index contributed by atoms with van der Waals surface area (Å²) in [6.07, 6.45) is 0.500. The van der Waals surface area contributed by atoms with Crippen molar-refractivity contribution in [3.8, 4) is 0 Å². The lowest BCUT2D eigenvalue weighted by Gasteiger charge is -2.05. The molecule has 0 unspecified atom stereocenters. The molecule has 0 atom stereocenters. The van der Waals surface area contributed by atoms with E-state index in [1.165, 1.54) is 0 Å². The van der Waals surface area contributed by atoms with Gasteiger partial charge in [0, 0.05) is 6.42 Å². The van der Waals surface area contributed by atoms with Crippen LogP contribution in [0.4, 0.5) is 0 Å². The average molecular weight is 278 g/mol. The minimum Gasteiger partial charge on any atom is -0.105 e. The predicted octanol–water partition coefficient (Wildman–Crippen LogP) is 4.99. The zero-order valence-electron chi connectivity index (χ0n) is 6.33. The Morgan fingerprint density at radius 1 is 1.00 bits per heavy atom. The lowest BCUT2D eigenvalue weighted by molar-refractivity contribution is 1.09. The molecule has 1 rings (SSSR count). The van der Waals surface area contributed by atoms with Crippen LogP contribution in [0.15, 0.2) is 12.1 Å². The average Bonchev–Trinajstić information content (AvgIpc) is 1.98. The Morgan fingerprint density at radius 3 is 1.85 bits per heavy atom. The fraction of sp³-hybridized carbons (Fsp3) is 0.250. The van der Waals surface area contributed by atoms with E-state index in [4.69, 9.17) is 58.0 Å². The van der Waals surface area contributed by atoms with Crippen LogP contribution in [0.25, 0.3) is 0 Å². The van der Waals surface area contributed by atoms with Crippen LogP contribution < -0.4 is 0 Å². The summed E-state index contributed by atoms with van der Waals surface area (Å²) in [6, 6.07) is 3.40. The number of hydrogen-bond donors (Lipinski definition) is 0. The topological polar surface area (TPSA) is 0 Å². The lowest BCUT2D eigenvalue weighted by atomic mass is 10.2. The van der Waals surface area contributed by atoms with Gasteiger partial charge < -0.3 is 0 Å². The van der Waals surface area contributed by atoms with Crippen LogP contribution in [-0.2, 0) is 6.42 Å². The van der Waals surface area contributed by atoms with Gasteiger partial charge in [-0.3, -0.25) is 0 Å². The standard InChI is InChI=1S/C8H5Cl5/c9-5-1-4(3-7(11)12)2-6(10)8(5)13/h1-2,7H,3H2. The first-order valence-corrected chi connectivity index (χ1v) is 5.43. The van der Waals surface area contributed by atoms with Crippen LogP contribution in [0.1, 0.15) is 5.56 Å². The van der Waals surface area contributed by atoms with Gasteiger partial charge >= 0.3 is 0 Å². The molecule has 13 heavy (non-hydrogen) atoms. The van der Waals surface area contributed by atoms with Gasteiger partial charge in [-0.1, -0.05) is 34.8 Å². The minimum absolute atomic E-state index is 0.354.